The second-order valence-corrected chi connectivity index (χ2v) is 6.35. The minimum Gasteiger partial charge on any atom is -0.338 e. The van der Waals surface area contributed by atoms with Gasteiger partial charge in [-0.15, -0.1) is 10.2 Å². The minimum atomic E-state index is -0.115. The fourth-order valence-electron chi connectivity index (χ4n) is 2.12. The van der Waals surface area contributed by atoms with Crippen molar-refractivity contribution in [2.45, 2.75) is 45.7 Å². The van der Waals surface area contributed by atoms with Crippen LogP contribution in [-0.2, 0) is 12.0 Å². The van der Waals surface area contributed by atoms with Crippen molar-refractivity contribution in [2.75, 3.05) is 0 Å². The van der Waals surface area contributed by atoms with Crippen LogP contribution in [0, 0.1) is 0 Å². The molecule has 0 saturated carbocycles. The van der Waals surface area contributed by atoms with Gasteiger partial charge in [0.2, 0.25) is 5.89 Å². The second kappa shape index (κ2) is 5.49. The summed E-state index contributed by atoms with van der Waals surface area (Å²) < 4.78 is 7.24. The Morgan fingerprint density at radius 2 is 2.09 bits per heavy atom. The second-order valence-electron chi connectivity index (χ2n) is 6.35. The molecule has 0 aromatic carbocycles. The third-order valence-corrected chi connectivity index (χ3v) is 3.43. The van der Waals surface area contributed by atoms with Crippen LogP contribution in [0.15, 0.2) is 28.9 Å². The van der Waals surface area contributed by atoms with E-state index in [9.17, 15) is 0 Å². The molecule has 0 aliphatic rings. The molecule has 0 fully saturated rings. The van der Waals surface area contributed by atoms with E-state index in [0.717, 1.165) is 11.5 Å². The largest absolute Gasteiger partial charge is 0.338 e. The van der Waals surface area contributed by atoms with Gasteiger partial charge in [-0.05, 0) is 19.1 Å². The third kappa shape index (κ3) is 2.85. The number of pyridine rings is 1. The predicted molar refractivity (Wildman–Crippen MR) is 81.2 cm³/mol. The van der Waals surface area contributed by atoms with Gasteiger partial charge in [-0.1, -0.05) is 32.0 Å². The molecule has 0 spiro atoms. The van der Waals surface area contributed by atoms with Crippen molar-refractivity contribution < 1.29 is 4.52 Å². The number of nitrogens with one attached hydrogen (secondary N) is 1. The molecule has 7 nitrogen and oxygen atoms in total. The molecule has 7 heteroatoms. The zero-order chi connectivity index (χ0) is 15.7. The number of fused-ring (bicyclic) bond motifs is 1. The lowest BCUT2D eigenvalue weighted by atomic mass is 9.96. The Labute approximate surface area is 128 Å². The molecule has 0 bridgehead atoms. The predicted octanol–water partition coefficient (Wildman–Crippen LogP) is 2.26. The van der Waals surface area contributed by atoms with Crippen molar-refractivity contribution >= 4 is 5.65 Å². The molecule has 116 valence electrons. The van der Waals surface area contributed by atoms with Crippen LogP contribution in [0.5, 0.6) is 0 Å². The van der Waals surface area contributed by atoms with Crippen molar-refractivity contribution in [3.8, 4) is 0 Å². The molecule has 3 aromatic rings. The Bertz CT molecular complexity index is 770. The fraction of sp³-hybridized carbons (Fsp3) is 0.467. The lowest BCUT2D eigenvalue weighted by molar-refractivity contribution is 0.347. The van der Waals surface area contributed by atoms with Crippen molar-refractivity contribution in [3.05, 3.63) is 41.9 Å². The first-order valence-electron chi connectivity index (χ1n) is 7.31. The van der Waals surface area contributed by atoms with Crippen LogP contribution in [0.25, 0.3) is 5.65 Å². The third-order valence-electron chi connectivity index (χ3n) is 3.43. The van der Waals surface area contributed by atoms with Crippen LogP contribution < -0.4 is 5.32 Å². The van der Waals surface area contributed by atoms with Crippen LogP contribution in [-0.4, -0.2) is 24.7 Å². The number of nitrogens with zero attached hydrogens (tertiary/aromatic N) is 5. The van der Waals surface area contributed by atoms with Gasteiger partial charge in [0.25, 0.3) is 0 Å². The maximum atomic E-state index is 5.28. The molecule has 0 aliphatic heterocycles. The summed E-state index contributed by atoms with van der Waals surface area (Å²) in [6, 6.07) is 5.84. The van der Waals surface area contributed by atoms with Gasteiger partial charge in [0.05, 0.1) is 12.6 Å². The average molecular weight is 300 g/mol. The van der Waals surface area contributed by atoms with Gasteiger partial charge in [0.1, 0.15) is 0 Å². The Kier molecular flexibility index (Phi) is 3.66. The molecule has 3 rings (SSSR count). The number of hydrogen-bond acceptors (Lipinski definition) is 6. The van der Waals surface area contributed by atoms with E-state index in [1.54, 1.807) is 0 Å². The summed E-state index contributed by atoms with van der Waals surface area (Å²) in [7, 11) is 0. The standard InChI is InChI=1S/C15H20N6O/c1-10(13-19-18-11-7-5-6-8-21(11)13)16-9-12-17-14(20-22-12)15(2,3)4/h5-8,10,16H,9H2,1-4H3/t10-/m0/s1. The fourth-order valence-corrected chi connectivity index (χ4v) is 2.12. The topological polar surface area (TPSA) is 81.1 Å². The Morgan fingerprint density at radius 3 is 2.82 bits per heavy atom. The highest BCUT2D eigenvalue weighted by Crippen LogP contribution is 2.18. The molecule has 3 heterocycles. The van der Waals surface area contributed by atoms with Gasteiger partial charge in [-0.2, -0.15) is 4.98 Å². The van der Waals surface area contributed by atoms with Crippen LogP contribution in [0.1, 0.15) is 51.3 Å². The Hall–Kier alpha value is -2.28. The lowest BCUT2D eigenvalue weighted by Crippen LogP contribution is -2.21. The van der Waals surface area contributed by atoms with Crippen molar-refractivity contribution in [2.24, 2.45) is 0 Å². The summed E-state index contributed by atoms with van der Waals surface area (Å²) in [5.41, 5.74) is 0.718. The van der Waals surface area contributed by atoms with Gasteiger partial charge >= 0.3 is 0 Å². The molecular weight excluding hydrogens is 280 g/mol. The van der Waals surface area contributed by atoms with E-state index in [-0.39, 0.29) is 11.5 Å². The highest BCUT2D eigenvalue weighted by Gasteiger charge is 2.21. The van der Waals surface area contributed by atoms with E-state index in [1.165, 1.54) is 0 Å². The maximum absolute atomic E-state index is 5.28. The molecule has 0 aliphatic carbocycles. The van der Waals surface area contributed by atoms with E-state index in [1.807, 2.05) is 35.7 Å². The summed E-state index contributed by atoms with van der Waals surface area (Å²) in [6.45, 7) is 8.69. The molecule has 0 unspecified atom stereocenters. The van der Waals surface area contributed by atoms with Gasteiger partial charge in [0, 0.05) is 11.6 Å². The highest BCUT2D eigenvalue weighted by molar-refractivity contribution is 5.37. The van der Waals surface area contributed by atoms with Gasteiger partial charge in [0.15, 0.2) is 17.3 Å². The summed E-state index contributed by atoms with van der Waals surface area (Å²) in [6.07, 6.45) is 1.95. The molecule has 0 saturated heterocycles. The zero-order valence-electron chi connectivity index (χ0n) is 13.2. The van der Waals surface area contributed by atoms with Gasteiger partial charge in [-0.25, -0.2) is 0 Å². The van der Waals surface area contributed by atoms with Crippen molar-refractivity contribution in [3.63, 3.8) is 0 Å². The van der Waals surface area contributed by atoms with E-state index in [4.69, 9.17) is 4.52 Å². The normalized spacial score (nSPS) is 13.6. The Morgan fingerprint density at radius 1 is 1.27 bits per heavy atom. The van der Waals surface area contributed by atoms with Crippen LogP contribution in [0.3, 0.4) is 0 Å². The van der Waals surface area contributed by atoms with Crippen LogP contribution >= 0.6 is 0 Å². The van der Waals surface area contributed by atoms with E-state index in [0.29, 0.717) is 18.3 Å². The molecule has 0 radical (unpaired) electrons. The smallest absolute Gasteiger partial charge is 0.240 e. The monoisotopic (exact) mass is 300 g/mol. The summed E-state index contributed by atoms with van der Waals surface area (Å²) in [5.74, 6) is 2.14. The van der Waals surface area contributed by atoms with Crippen LogP contribution in [0.4, 0.5) is 0 Å². The van der Waals surface area contributed by atoms with Gasteiger partial charge < -0.3 is 4.52 Å². The quantitative estimate of drug-likeness (QED) is 0.796. The first-order valence-corrected chi connectivity index (χ1v) is 7.31. The summed E-state index contributed by atoms with van der Waals surface area (Å²) in [4.78, 5) is 4.41. The van der Waals surface area contributed by atoms with E-state index >= 15 is 0 Å². The first-order chi connectivity index (χ1) is 10.4. The van der Waals surface area contributed by atoms with E-state index < -0.39 is 0 Å². The van der Waals surface area contributed by atoms with E-state index in [2.05, 4.69) is 46.4 Å². The molecule has 3 aromatic heterocycles. The number of rotatable bonds is 4. The molecule has 22 heavy (non-hydrogen) atoms. The van der Waals surface area contributed by atoms with Crippen LogP contribution in [0.2, 0.25) is 0 Å². The van der Waals surface area contributed by atoms with Crippen molar-refractivity contribution in [1.29, 1.82) is 0 Å². The first kappa shape index (κ1) is 14.6. The lowest BCUT2D eigenvalue weighted by Gasteiger charge is -2.11. The van der Waals surface area contributed by atoms with Crippen molar-refractivity contribution in [1.82, 2.24) is 30.1 Å². The molecular formula is C15H20N6O. The molecule has 0 amide bonds. The zero-order valence-corrected chi connectivity index (χ0v) is 13.2. The average Bonchev–Trinajstić information content (AvgIpc) is 3.11. The highest BCUT2D eigenvalue weighted by atomic mass is 16.5. The minimum absolute atomic E-state index is 0.0161. The molecule has 1 N–H and O–H groups in total. The summed E-state index contributed by atoms with van der Waals surface area (Å²) >= 11 is 0. The Balaban J connectivity index is 1.70. The number of hydrogen-bond donors (Lipinski definition) is 1. The SMILES string of the molecule is C[C@H](NCc1nc(C(C)(C)C)no1)c1nnc2ccccn12. The maximum Gasteiger partial charge on any atom is 0.240 e. The summed E-state index contributed by atoms with van der Waals surface area (Å²) in [5, 5.41) is 15.7. The molecule has 1 atom stereocenters. The van der Waals surface area contributed by atoms with Gasteiger partial charge in [-0.3, -0.25) is 9.72 Å². The number of aromatic nitrogens is 5.